The van der Waals surface area contributed by atoms with Gasteiger partial charge in [0.2, 0.25) is 0 Å². The summed E-state index contributed by atoms with van der Waals surface area (Å²) in [5.74, 6) is -0.853. The molecule has 2 aromatic carbocycles. The number of amides is 3. The standard InChI is InChI=1S/C27H31N3O3/c31-24(28-19-27(14-5-1-6-15-27)29-16-7-2-8-17-29)20-10-9-11-21(18-20)30-25(32)22-12-3-4-13-23(22)26(30)33/h3-4,9-13,18H,1-2,5-8,14-17,19H2,(H,28,31). The highest BCUT2D eigenvalue weighted by Gasteiger charge is 2.39. The van der Waals surface area contributed by atoms with Gasteiger partial charge >= 0.3 is 0 Å². The molecule has 0 bridgehead atoms. The van der Waals surface area contributed by atoms with Gasteiger partial charge in [-0.15, -0.1) is 0 Å². The molecule has 2 fully saturated rings. The Hall–Kier alpha value is -2.99. The van der Waals surface area contributed by atoms with Gasteiger partial charge in [0, 0.05) is 17.6 Å². The SMILES string of the molecule is O=C(NCC1(N2CCCCC2)CCCCC1)c1cccc(N2C(=O)c3ccccc3C2=O)c1. The third-order valence-electron chi connectivity index (χ3n) is 7.55. The van der Waals surface area contributed by atoms with Crippen molar-refractivity contribution in [3.63, 3.8) is 0 Å². The van der Waals surface area contributed by atoms with E-state index in [4.69, 9.17) is 0 Å². The Balaban J connectivity index is 1.32. The highest BCUT2D eigenvalue weighted by Crippen LogP contribution is 2.35. The van der Waals surface area contributed by atoms with Crippen molar-refractivity contribution in [1.29, 1.82) is 0 Å². The summed E-state index contributed by atoms with van der Waals surface area (Å²) in [7, 11) is 0. The van der Waals surface area contributed by atoms with Gasteiger partial charge in [-0.1, -0.05) is 43.9 Å². The maximum absolute atomic E-state index is 13.1. The first-order chi connectivity index (χ1) is 16.1. The number of fused-ring (bicyclic) bond motifs is 1. The van der Waals surface area contributed by atoms with Crippen LogP contribution in [0.15, 0.2) is 48.5 Å². The van der Waals surface area contributed by atoms with Gasteiger partial charge in [0.15, 0.2) is 0 Å². The predicted octanol–water partition coefficient (Wildman–Crippen LogP) is 4.41. The van der Waals surface area contributed by atoms with E-state index in [-0.39, 0.29) is 23.3 Å². The van der Waals surface area contributed by atoms with Crippen LogP contribution in [0.25, 0.3) is 0 Å². The molecule has 6 heteroatoms. The fraction of sp³-hybridized carbons (Fsp3) is 0.444. The maximum atomic E-state index is 13.1. The van der Waals surface area contributed by atoms with E-state index in [2.05, 4.69) is 10.2 Å². The lowest BCUT2D eigenvalue weighted by atomic mass is 9.79. The summed E-state index contributed by atoms with van der Waals surface area (Å²) in [5, 5.41) is 3.20. The molecule has 1 aliphatic carbocycles. The summed E-state index contributed by atoms with van der Waals surface area (Å²) in [6, 6.07) is 13.6. The van der Waals surface area contributed by atoms with Gasteiger partial charge in [-0.25, -0.2) is 4.90 Å². The van der Waals surface area contributed by atoms with Crippen molar-refractivity contribution in [1.82, 2.24) is 10.2 Å². The van der Waals surface area contributed by atoms with Crippen LogP contribution >= 0.6 is 0 Å². The van der Waals surface area contributed by atoms with E-state index < -0.39 is 0 Å². The van der Waals surface area contributed by atoms with Crippen LogP contribution < -0.4 is 10.2 Å². The zero-order valence-corrected chi connectivity index (χ0v) is 19.0. The molecule has 33 heavy (non-hydrogen) atoms. The van der Waals surface area contributed by atoms with E-state index in [1.54, 1.807) is 48.5 Å². The Bertz CT molecular complexity index is 1030. The molecular formula is C27H31N3O3. The third kappa shape index (κ3) is 4.08. The summed E-state index contributed by atoms with van der Waals surface area (Å²) in [6.45, 7) is 2.87. The van der Waals surface area contributed by atoms with Crippen LogP contribution in [0.3, 0.4) is 0 Å². The number of anilines is 1. The van der Waals surface area contributed by atoms with Gasteiger partial charge in [0.05, 0.1) is 16.8 Å². The quantitative estimate of drug-likeness (QED) is 0.693. The van der Waals surface area contributed by atoms with Crippen LogP contribution in [-0.2, 0) is 0 Å². The van der Waals surface area contributed by atoms with Gasteiger partial charge in [-0.3, -0.25) is 19.3 Å². The Morgan fingerprint density at radius 1 is 0.818 bits per heavy atom. The number of hydrogen-bond acceptors (Lipinski definition) is 4. The number of rotatable bonds is 5. The van der Waals surface area contributed by atoms with Gasteiger partial charge < -0.3 is 5.32 Å². The second-order valence-electron chi connectivity index (χ2n) is 9.56. The number of carbonyl (C=O) groups is 3. The van der Waals surface area contributed by atoms with E-state index in [0.29, 0.717) is 28.9 Å². The summed E-state index contributed by atoms with van der Waals surface area (Å²) >= 11 is 0. The molecule has 0 spiro atoms. The number of benzene rings is 2. The van der Waals surface area contributed by atoms with E-state index in [0.717, 1.165) is 30.8 Å². The molecule has 2 heterocycles. The highest BCUT2D eigenvalue weighted by atomic mass is 16.2. The van der Waals surface area contributed by atoms with E-state index in [1.165, 1.54) is 38.5 Å². The molecule has 3 amide bonds. The fourth-order valence-corrected chi connectivity index (χ4v) is 5.74. The number of hydrogen-bond donors (Lipinski definition) is 1. The molecule has 2 aliphatic heterocycles. The van der Waals surface area contributed by atoms with Crippen LogP contribution in [-0.4, -0.2) is 47.8 Å². The van der Waals surface area contributed by atoms with Crippen LogP contribution in [0, 0.1) is 0 Å². The zero-order valence-electron chi connectivity index (χ0n) is 19.0. The van der Waals surface area contributed by atoms with Crippen molar-refractivity contribution in [2.24, 2.45) is 0 Å². The molecule has 6 nitrogen and oxygen atoms in total. The number of carbonyl (C=O) groups excluding carboxylic acids is 3. The van der Waals surface area contributed by atoms with Gasteiger partial charge in [-0.2, -0.15) is 0 Å². The van der Waals surface area contributed by atoms with Crippen molar-refractivity contribution in [3.05, 3.63) is 65.2 Å². The topological polar surface area (TPSA) is 69.7 Å². The number of nitrogens with zero attached hydrogens (tertiary/aromatic N) is 2. The van der Waals surface area contributed by atoms with Crippen molar-refractivity contribution < 1.29 is 14.4 Å². The molecule has 3 aliphatic rings. The first-order valence-electron chi connectivity index (χ1n) is 12.2. The Morgan fingerprint density at radius 3 is 2.12 bits per heavy atom. The summed E-state index contributed by atoms with van der Waals surface area (Å²) in [4.78, 5) is 42.6. The minimum Gasteiger partial charge on any atom is -0.350 e. The van der Waals surface area contributed by atoms with Gasteiger partial charge in [0.25, 0.3) is 17.7 Å². The number of piperidine rings is 1. The summed E-state index contributed by atoms with van der Waals surface area (Å²) in [6.07, 6.45) is 9.71. The fourth-order valence-electron chi connectivity index (χ4n) is 5.74. The van der Waals surface area contributed by atoms with Crippen LogP contribution in [0.5, 0.6) is 0 Å². The number of imide groups is 1. The Kier molecular flexibility index (Phi) is 6.02. The highest BCUT2D eigenvalue weighted by molar-refractivity contribution is 6.34. The van der Waals surface area contributed by atoms with Crippen molar-refractivity contribution >= 4 is 23.4 Å². The molecule has 1 saturated carbocycles. The van der Waals surface area contributed by atoms with Crippen LogP contribution in [0.1, 0.15) is 82.4 Å². The van der Waals surface area contributed by atoms with E-state index in [1.807, 2.05) is 0 Å². The second-order valence-corrected chi connectivity index (χ2v) is 9.56. The molecule has 1 saturated heterocycles. The Morgan fingerprint density at radius 2 is 1.45 bits per heavy atom. The summed E-state index contributed by atoms with van der Waals surface area (Å²) in [5.41, 5.74) is 1.75. The zero-order chi connectivity index (χ0) is 22.8. The van der Waals surface area contributed by atoms with E-state index >= 15 is 0 Å². The smallest absolute Gasteiger partial charge is 0.266 e. The summed E-state index contributed by atoms with van der Waals surface area (Å²) < 4.78 is 0. The van der Waals surface area contributed by atoms with Crippen molar-refractivity contribution in [2.45, 2.75) is 56.9 Å². The number of nitrogens with one attached hydrogen (secondary N) is 1. The first-order valence-corrected chi connectivity index (χ1v) is 12.2. The second kappa shape index (κ2) is 9.10. The Labute approximate surface area is 194 Å². The predicted molar refractivity (Wildman–Crippen MR) is 128 cm³/mol. The molecule has 2 aromatic rings. The third-order valence-corrected chi connectivity index (χ3v) is 7.55. The minimum absolute atomic E-state index is 0.0501. The molecule has 5 rings (SSSR count). The number of likely N-dealkylation sites (tertiary alicyclic amines) is 1. The van der Waals surface area contributed by atoms with Gasteiger partial charge in [0.1, 0.15) is 0 Å². The maximum Gasteiger partial charge on any atom is 0.266 e. The van der Waals surface area contributed by atoms with Crippen molar-refractivity contribution in [2.75, 3.05) is 24.5 Å². The molecule has 1 N–H and O–H groups in total. The van der Waals surface area contributed by atoms with Crippen molar-refractivity contribution in [3.8, 4) is 0 Å². The molecule has 0 atom stereocenters. The van der Waals surface area contributed by atoms with Gasteiger partial charge in [-0.05, 0) is 69.1 Å². The lowest BCUT2D eigenvalue weighted by Gasteiger charge is -2.48. The normalized spacial score (nSPS) is 20.5. The largest absolute Gasteiger partial charge is 0.350 e. The van der Waals surface area contributed by atoms with Crippen LogP contribution in [0.2, 0.25) is 0 Å². The monoisotopic (exact) mass is 445 g/mol. The molecule has 0 radical (unpaired) electrons. The molecule has 0 unspecified atom stereocenters. The first kappa shape index (κ1) is 21.8. The van der Waals surface area contributed by atoms with E-state index in [9.17, 15) is 14.4 Å². The average molecular weight is 446 g/mol. The average Bonchev–Trinajstić information content (AvgIpc) is 3.13. The molecule has 172 valence electrons. The lowest BCUT2D eigenvalue weighted by molar-refractivity contribution is 0.0326. The lowest BCUT2D eigenvalue weighted by Crippen LogP contribution is -2.58. The molecular weight excluding hydrogens is 414 g/mol. The molecule has 0 aromatic heterocycles. The minimum atomic E-state index is -0.348. The van der Waals surface area contributed by atoms with Crippen LogP contribution in [0.4, 0.5) is 5.69 Å².